The number of amides is 1. The van der Waals surface area contributed by atoms with Crippen LogP contribution in [0.25, 0.3) is 0 Å². The van der Waals surface area contributed by atoms with Crippen LogP contribution in [0.2, 0.25) is 5.02 Å². The number of aliphatic carboxylic acids is 1. The molecule has 1 saturated heterocycles. The van der Waals surface area contributed by atoms with Crippen LogP contribution < -0.4 is 4.31 Å². The highest BCUT2D eigenvalue weighted by Crippen LogP contribution is 2.40. The minimum atomic E-state index is -1.16. The van der Waals surface area contributed by atoms with Crippen molar-refractivity contribution in [3.8, 4) is 0 Å². The quantitative estimate of drug-likeness (QED) is 0.470. The molecule has 2 aromatic carbocycles. The Morgan fingerprint density at radius 3 is 2.56 bits per heavy atom. The van der Waals surface area contributed by atoms with Gasteiger partial charge >= 0.3 is 5.97 Å². The zero-order valence-corrected chi connectivity index (χ0v) is 19.9. The van der Waals surface area contributed by atoms with Crippen LogP contribution >= 0.6 is 23.5 Å². The molecule has 0 radical (unpaired) electrons. The van der Waals surface area contributed by atoms with Crippen LogP contribution in [0.5, 0.6) is 0 Å². The number of hydrogen-bond acceptors (Lipinski definition) is 6. The summed E-state index contributed by atoms with van der Waals surface area (Å²) in [5, 5.41) is 20.5. The van der Waals surface area contributed by atoms with Crippen LogP contribution in [-0.4, -0.2) is 64.1 Å². The fourth-order valence-electron chi connectivity index (χ4n) is 3.99. The lowest BCUT2D eigenvalue weighted by Gasteiger charge is -2.44. The van der Waals surface area contributed by atoms with Crippen molar-refractivity contribution in [2.45, 2.75) is 42.7 Å². The third kappa shape index (κ3) is 5.83. The summed E-state index contributed by atoms with van der Waals surface area (Å²) in [4.78, 5) is 26.2. The first-order chi connectivity index (χ1) is 16.4. The van der Waals surface area contributed by atoms with Crippen LogP contribution in [-0.2, 0) is 14.3 Å². The molecule has 0 aromatic heterocycles. The first-order valence-electron chi connectivity index (χ1n) is 11.1. The van der Waals surface area contributed by atoms with Gasteiger partial charge in [-0.3, -0.25) is 9.59 Å². The standard InChI is InChI=1S/C24H26ClFN2O5S/c25-16-7-5-15(6-8-16)21-14-33-22(11-23(30)31)24(32)28(21)17(13-29)12-27(34-18-9-10-18)20-4-2-1-3-19(20)26/h1-8,17-18,21-22,29H,9-14H2,(H,30,31)/t17-,21+,22-/m1/s1. The smallest absolute Gasteiger partial charge is 0.306 e. The average molecular weight is 509 g/mol. The number of ether oxygens (including phenoxy) is 1. The van der Waals surface area contributed by atoms with Crippen molar-refractivity contribution in [2.75, 3.05) is 24.1 Å². The normalized spacial score (nSPS) is 21.4. The number of nitrogens with zero attached hydrogens (tertiary/aromatic N) is 2. The maximum atomic E-state index is 14.7. The van der Waals surface area contributed by atoms with Crippen molar-refractivity contribution in [1.82, 2.24) is 4.90 Å². The molecular formula is C24H26ClFN2O5S. The zero-order chi connectivity index (χ0) is 24.2. The predicted molar refractivity (Wildman–Crippen MR) is 128 cm³/mol. The first kappa shape index (κ1) is 24.8. The summed E-state index contributed by atoms with van der Waals surface area (Å²) < 4.78 is 22.1. The Balaban J connectivity index is 1.66. The summed E-state index contributed by atoms with van der Waals surface area (Å²) in [7, 11) is 0. The van der Waals surface area contributed by atoms with Crippen LogP contribution in [0.15, 0.2) is 48.5 Å². The van der Waals surface area contributed by atoms with E-state index in [2.05, 4.69) is 0 Å². The predicted octanol–water partition coefficient (Wildman–Crippen LogP) is 3.90. The fraction of sp³-hybridized carbons (Fsp3) is 0.417. The van der Waals surface area contributed by atoms with E-state index in [9.17, 15) is 24.2 Å². The number of benzene rings is 2. The largest absolute Gasteiger partial charge is 0.481 e. The third-order valence-corrected chi connectivity index (χ3v) is 7.46. The summed E-state index contributed by atoms with van der Waals surface area (Å²) in [6.07, 6.45) is 0.399. The maximum Gasteiger partial charge on any atom is 0.306 e. The molecule has 3 atom stereocenters. The lowest BCUT2D eigenvalue weighted by atomic mass is 9.99. The molecule has 2 aliphatic rings. The monoisotopic (exact) mass is 508 g/mol. The number of carbonyl (C=O) groups excluding carboxylic acids is 1. The molecule has 0 unspecified atom stereocenters. The SMILES string of the molecule is O=C(O)C[C@H]1OC[C@@H](c2ccc(Cl)cc2)N([C@@H](CO)CN(SC2CC2)c2ccccc2F)C1=O. The molecule has 2 fully saturated rings. The number of carbonyl (C=O) groups is 2. The topological polar surface area (TPSA) is 90.3 Å². The highest BCUT2D eigenvalue weighted by atomic mass is 35.5. The van der Waals surface area contributed by atoms with E-state index < -0.39 is 42.3 Å². The molecular weight excluding hydrogens is 483 g/mol. The van der Waals surface area contributed by atoms with Gasteiger partial charge in [0.05, 0.1) is 44.0 Å². The van der Waals surface area contributed by atoms with Crippen molar-refractivity contribution in [3.63, 3.8) is 0 Å². The van der Waals surface area contributed by atoms with Gasteiger partial charge in [-0.05, 0) is 54.6 Å². The number of aliphatic hydroxyl groups excluding tert-OH is 1. The Kier molecular flexibility index (Phi) is 7.98. The van der Waals surface area contributed by atoms with Gasteiger partial charge in [0.15, 0.2) is 0 Å². The van der Waals surface area contributed by atoms with E-state index in [-0.39, 0.29) is 19.8 Å². The summed E-state index contributed by atoms with van der Waals surface area (Å²) >= 11 is 7.53. The minimum absolute atomic E-state index is 0.0668. The highest BCUT2D eigenvalue weighted by molar-refractivity contribution is 8.01. The molecule has 1 amide bonds. The average Bonchev–Trinajstić information content (AvgIpc) is 3.63. The van der Waals surface area contributed by atoms with Crippen molar-refractivity contribution in [3.05, 3.63) is 64.9 Å². The van der Waals surface area contributed by atoms with Crippen molar-refractivity contribution in [2.24, 2.45) is 0 Å². The molecule has 182 valence electrons. The molecule has 1 aliphatic heterocycles. The number of halogens is 2. The molecule has 0 spiro atoms. The molecule has 34 heavy (non-hydrogen) atoms. The molecule has 2 aromatic rings. The van der Waals surface area contributed by atoms with Crippen LogP contribution in [0.1, 0.15) is 30.9 Å². The van der Waals surface area contributed by atoms with Gasteiger partial charge in [0, 0.05) is 10.3 Å². The summed E-state index contributed by atoms with van der Waals surface area (Å²) in [5.41, 5.74) is 1.13. The number of aliphatic hydroxyl groups is 1. The summed E-state index contributed by atoms with van der Waals surface area (Å²) in [5.74, 6) is -2.06. The Hall–Kier alpha value is -2.33. The van der Waals surface area contributed by atoms with E-state index >= 15 is 0 Å². The Morgan fingerprint density at radius 1 is 1.24 bits per heavy atom. The fourth-order valence-corrected chi connectivity index (χ4v) is 5.34. The van der Waals surface area contributed by atoms with Gasteiger partial charge in [0.25, 0.3) is 5.91 Å². The van der Waals surface area contributed by atoms with Crippen molar-refractivity contribution < 1.29 is 28.9 Å². The van der Waals surface area contributed by atoms with Gasteiger partial charge in [0.1, 0.15) is 11.9 Å². The molecule has 4 rings (SSSR count). The van der Waals surface area contributed by atoms with Crippen LogP contribution in [0.3, 0.4) is 0 Å². The second-order valence-electron chi connectivity index (χ2n) is 8.39. The van der Waals surface area contributed by atoms with Gasteiger partial charge in [-0.1, -0.05) is 35.9 Å². The van der Waals surface area contributed by atoms with Gasteiger partial charge in [-0.2, -0.15) is 0 Å². The number of rotatable bonds is 10. The van der Waals surface area contributed by atoms with E-state index in [1.807, 2.05) is 0 Å². The van der Waals surface area contributed by atoms with Gasteiger partial charge in [0.2, 0.25) is 0 Å². The van der Waals surface area contributed by atoms with Gasteiger partial charge in [-0.15, -0.1) is 0 Å². The second kappa shape index (κ2) is 10.9. The van der Waals surface area contributed by atoms with Gasteiger partial charge in [-0.25, -0.2) is 4.39 Å². The number of carboxylic acids is 1. The number of para-hydroxylation sites is 1. The number of anilines is 1. The Morgan fingerprint density at radius 2 is 1.94 bits per heavy atom. The van der Waals surface area contributed by atoms with Crippen LogP contribution in [0.4, 0.5) is 10.1 Å². The number of carboxylic acid groups (broad SMARTS) is 1. The molecule has 1 aliphatic carbocycles. The molecule has 1 saturated carbocycles. The van der Waals surface area contributed by atoms with E-state index in [1.165, 1.54) is 22.9 Å². The maximum absolute atomic E-state index is 14.7. The molecule has 10 heteroatoms. The van der Waals surface area contributed by atoms with E-state index in [0.717, 1.165) is 18.4 Å². The van der Waals surface area contributed by atoms with Crippen molar-refractivity contribution in [1.29, 1.82) is 0 Å². The lowest BCUT2D eigenvalue weighted by Crippen LogP contribution is -2.57. The van der Waals surface area contributed by atoms with E-state index in [4.69, 9.17) is 16.3 Å². The van der Waals surface area contributed by atoms with E-state index in [0.29, 0.717) is 16.0 Å². The van der Waals surface area contributed by atoms with Gasteiger partial charge < -0.3 is 24.2 Å². The lowest BCUT2D eigenvalue weighted by molar-refractivity contribution is -0.169. The molecule has 0 bridgehead atoms. The minimum Gasteiger partial charge on any atom is -0.481 e. The number of morpholine rings is 1. The molecule has 7 nitrogen and oxygen atoms in total. The number of hydrogen-bond donors (Lipinski definition) is 2. The summed E-state index contributed by atoms with van der Waals surface area (Å²) in [6.45, 7) is -0.155. The Bertz CT molecular complexity index is 1020. The zero-order valence-electron chi connectivity index (χ0n) is 18.3. The second-order valence-corrected chi connectivity index (χ2v) is 10.1. The molecule has 1 heterocycles. The highest BCUT2D eigenvalue weighted by Gasteiger charge is 2.42. The summed E-state index contributed by atoms with van der Waals surface area (Å²) in [6, 6.07) is 12.1. The van der Waals surface area contributed by atoms with Crippen LogP contribution in [0, 0.1) is 5.82 Å². The Labute approximate surface area is 206 Å². The first-order valence-corrected chi connectivity index (χ1v) is 12.3. The van der Waals surface area contributed by atoms with E-state index in [1.54, 1.807) is 46.8 Å². The third-order valence-electron chi connectivity index (χ3n) is 5.84. The van der Waals surface area contributed by atoms with Crippen molar-refractivity contribution >= 4 is 41.1 Å². The molecule has 2 N–H and O–H groups in total.